The second kappa shape index (κ2) is 7.57. The summed E-state index contributed by atoms with van der Waals surface area (Å²) in [4.78, 5) is 20.0. The van der Waals surface area contributed by atoms with Gasteiger partial charge < -0.3 is 14.4 Å². The Morgan fingerprint density at radius 3 is 3.00 bits per heavy atom. The topological polar surface area (TPSA) is 51.7 Å². The number of methoxy groups -OCH3 is 1. The van der Waals surface area contributed by atoms with E-state index < -0.39 is 0 Å². The third-order valence-electron chi connectivity index (χ3n) is 3.85. The molecule has 1 saturated heterocycles. The van der Waals surface area contributed by atoms with Crippen LogP contribution >= 0.6 is 11.3 Å². The van der Waals surface area contributed by atoms with Gasteiger partial charge in [0.05, 0.1) is 25.3 Å². The molecule has 1 atom stereocenters. The van der Waals surface area contributed by atoms with Gasteiger partial charge in [-0.2, -0.15) is 0 Å². The van der Waals surface area contributed by atoms with Gasteiger partial charge >= 0.3 is 0 Å². The van der Waals surface area contributed by atoms with Gasteiger partial charge in [0.25, 0.3) is 5.91 Å². The number of nitrogens with zero attached hydrogens (tertiary/aromatic N) is 2. The van der Waals surface area contributed by atoms with Crippen molar-refractivity contribution in [3.8, 4) is 5.88 Å². The molecule has 0 spiro atoms. The van der Waals surface area contributed by atoms with Crippen LogP contribution in [0.4, 0.5) is 0 Å². The Morgan fingerprint density at radius 2 is 2.39 bits per heavy atom. The molecule has 0 saturated carbocycles. The normalized spacial score (nSPS) is 17.2. The molecule has 6 heteroatoms. The van der Waals surface area contributed by atoms with Gasteiger partial charge in [-0.3, -0.25) is 4.79 Å². The molecule has 5 nitrogen and oxygen atoms in total. The van der Waals surface area contributed by atoms with E-state index in [0.29, 0.717) is 24.5 Å². The van der Waals surface area contributed by atoms with E-state index in [1.807, 2.05) is 22.4 Å². The lowest BCUT2D eigenvalue weighted by atomic mass is 10.2. The highest BCUT2D eigenvalue weighted by Crippen LogP contribution is 2.19. The van der Waals surface area contributed by atoms with Crippen LogP contribution in [0, 0.1) is 0 Å². The maximum absolute atomic E-state index is 12.9. The number of carbonyl (C=O) groups is 1. The van der Waals surface area contributed by atoms with E-state index in [4.69, 9.17) is 9.47 Å². The van der Waals surface area contributed by atoms with Crippen molar-refractivity contribution in [1.82, 2.24) is 9.88 Å². The smallest absolute Gasteiger partial charge is 0.255 e. The average Bonchev–Trinajstić information content (AvgIpc) is 3.27. The molecule has 3 rings (SSSR count). The molecule has 1 unspecified atom stereocenters. The van der Waals surface area contributed by atoms with Crippen molar-refractivity contribution in [2.24, 2.45) is 0 Å². The molecule has 1 aliphatic heterocycles. The Balaban J connectivity index is 1.75. The van der Waals surface area contributed by atoms with Crippen molar-refractivity contribution in [3.05, 3.63) is 46.3 Å². The Hall–Kier alpha value is -1.92. The highest BCUT2D eigenvalue weighted by molar-refractivity contribution is 7.09. The average molecular weight is 332 g/mol. The number of hydrogen-bond acceptors (Lipinski definition) is 5. The summed E-state index contributed by atoms with van der Waals surface area (Å²) >= 11 is 1.66. The largest absolute Gasteiger partial charge is 0.481 e. The number of ether oxygens (including phenoxy) is 2. The molecule has 1 aliphatic rings. The van der Waals surface area contributed by atoms with Crippen molar-refractivity contribution >= 4 is 17.2 Å². The SMILES string of the molecule is COc1ccc(C(=O)N(Cc2cccs2)CC2CCCO2)cn1. The van der Waals surface area contributed by atoms with Crippen LogP contribution in [0.15, 0.2) is 35.8 Å². The zero-order valence-corrected chi connectivity index (χ0v) is 13.9. The Kier molecular flexibility index (Phi) is 5.25. The van der Waals surface area contributed by atoms with Crippen molar-refractivity contribution in [2.45, 2.75) is 25.5 Å². The fraction of sp³-hybridized carbons (Fsp3) is 0.412. The van der Waals surface area contributed by atoms with Gasteiger partial charge in [0.1, 0.15) is 0 Å². The number of amides is 1. The number of hydrogen-bond donors (Lipinski definition) is 0. The fourth-order valence-electron chi connectivity index (χ4n) is 2.65. The van der Waals surface area contributed by atoms with Crippen molar-refractivity contribution in [2.75, 3.05) is 20.3 Å². The summed E-state index contributed by atoms with van der Waals surface area (Å²) in [5, 5.41) is 2.03. The van der Waals surface area contributed by atoms with Crippen molar-refractivity contribution in [3.63, 3.8) is 0 Å². The molecular formula is C17H20N2O3S. The Labute approximate surface area is 139 Å². The molecule has 0 aliphatic carbocycles. The molecule has 0 N–H and O–H groups in total. The molecular weight excluding hydrogens is 312 g/mol. The number of pyridine rings is 1. The van der Waals surface area contributed by atoms with Gasteiger partial charge in [0, 0.05) is 30.3 Å². The summed E-state index contributed by atoms with van der Waals surface area (Å²) < 4.78 is 10.7. The molecule has 23 heavy (non-hydrogen) atoms. The summed E-state index contributed by atoms with van der Waals surface area (Å²) in [5.74, 6) is 0.481. The predicted molar refractivity (Wildman–Crippen MR) is 88.8 cm³/mol. The van der Waals surface area contributed by atoms with E-state index in [9.17, 15) is 4.79 Å². The predicted octanol–water partition coefficient (Wildman–Crippen LogP) is 2.97. The van der Waals surface area contributed by atoms with Crippen LogP contribution in [-0.4, -0.2) is 42.2 Å². The summed E-state index contributed by atoms with van der Waals surface area (Å²) in [7, 11) is 1.56. The maximum Gasteiger partial charge on any atom is 0.255 e. The maximum atomic E-state index is 12.9. The molecule has 1 amide bonds. The van der Waals surface area contributed by atoms with Crippen LogP contribution in [0.25, 0.3) is 0 Å². The molecule has 1 fully saturated rings. The van der Waals surface area contributed by atoms with E-state index in [-0.39, 0.29) is 12.0 Å². The Bertz CT molecular complexity index is 622. The minimum Gasteiger partial charge on any atom is -0.481 e. The zero-order valence-electron chi connectivity index (χ0n) is 13.1. The number of rotatable bonds is 6. The van der Waals surface area contributed by atoms with Gasteiger partial charge in [-0.05, 0) is 30.4 Å². The van der Waals surface area contributed by atoms with E-state index in [1.54, 1.807) is 36.8 Å². The number of thiophene rings is 1. The van der Waals surface area contributed by atoms with Crippen LogP contribution in [0.5, 0.6) is 5.88 Å². The number of carbonyl (C=O) groups excluding carboxylic acids is 1. The third kappa shape index (κ3) is 4.09. The third-order valence-corrected chi connectivity index (χ3v) is 4.72. The van der Waals surface area contributed by atoms with Crippen molar-refractivity contribution < 1.29 is 14.3 Å². The summed E-state index contributed by atoms with van der Waals surface area (Å²) in [6.07, 6.45) is 3.77. The van der Waals surface area contributed by atoms with E-state index in [0.717, 1.165) is 24.3 Å². The lowest BCUT2D eigenvalue weighted by Crippen LogP contribution is -2.36. The second-order valence-corrected chi connectivity index (χ2v) is 6.52. The van der Waals surface area contributed by atoms with Crippen LogP contribution in [-0.2, 0) is 11.3 Å². The fourth-order valence-corrected chi connectivity index (χ4v) is 3.37. The van der Waals surface area contributed by atoms with E-state index >= 15 is 0 Å². The van der Waals surface area contributed by atoms with Crippen LogP contribution in [0.1, 0.15) is 28.1 Å². The van der Waals surface area contributed by atoms with Gasteiger partial charge in [-0.1, -0.05) is 6.07 Å². The molecule has 3 heterocycles. The second-order valence-electron chi connectivity index (χ2n) is 5.49. The first-order chi connectivity index (χ1) is 11.3. The molecule has 122 valence electrons. The van der Waals surface area contributed by atoms with Crippen LogP contribution < -0.4 is 4.74 Å². The quantitative estimate of drug-likeness (QED) is 0.816. The van der Waals surface area contributed by atoms with Crippen molar-refractivity contribution in [1.29, 1.82) is 0 Å². The van der Waals surface area contributed by atoms with E-state index in [2.05, 4.69) is 4.98 Å². The molecule has 0 bridgehead atoms. The number of aromatic nitrogens is 1. The summed E-state index contributed by atoms with van der Waals surface area (Å²) in [6, 6.07) is 7.52. The van der Waals surface area contributed by atoms with Gasteiger partial charge in [-0.15, -0.1) is 11.3 Å². The summed E-state index contributed by atoms with van der Waals surface area (Å²) in [5.41, 5.74) is 0.570. The van der Waals surface area contributed by atoms with Gasteiger partial charge in [0.2, 0.25) is 5.88 Å². The molecule has 0 aromatic carbocycles. The first kappa shape index (κ1) is 16.0. The highest BCUT2D eigenvalue weighted by atomic mass is 32.1. The minimum atomic E-state index is -0.0240. The monoisotopic (exact) mass is 332 g/mol. The van der Waals surface area contributed by atoms with E-state index in [1.165, 1.54) is 0 Å². The zero-order chi connectivity index (χ0) is 16.1. The van der Waals surface area contributed by atoms with Gasteiger partial charge in [0.15, 0.2) is 0 Å². The lowest BCUT2D eigenvalue weighted by molar-refractivity contribution is 0.0509. The molecule has 2 aromatic heterocycles. The highest BCUT2D eigenvalue weighted by Gasteiger charge is 2.24. The minimum absolute atomic E-state index is 0.0240. The van der Waals surface area contributed by atoms with Gasteiger partial charge in [-0.25, -0.2) is 4.98 Å². The van der Waals surface area contributed by atoms with Crippen LogP contribution in [0.3, 0.4) is 0 Å². The molecule has 0 radical (unpaired) electrons. The first-order valence-corrected chi connectivity index (χ1v) is 8.57. The lowest BCUT2D eigenvalue weighted by Gasteiger charge is -2.25. The first-order valence-electron chi connectivity index (χ1n) is 7.69. The standard InChI is InChI=1S/C17H20N2O3S/c1-21-16-7-6-13(10-18-16)17(20)19(11-14-4-2-8-22-14)12-15-5-3-9-23-15/h3,5-7,9-10,14H,2,4,8,11-12H2,1H3. The summed E-state index contributed by atoms with van der Waals surface area (Å²) in [6.45, 7) is 2.00. The Morgan fingerprint density at radius 1 is 1.48 bits per heavy atom. The molecule has 2 aromatic rings. The van der Waals surface area contributed by atoms with Crippen LogP contribution in [0.2, 0.25) is 0 Å².